The Morgan fingerprint density at radius 3 is 2.44 bits per heavy atom. The molecule has 0 aliphatic heterocycles. The molecule has 0 atom stereocenters. The maximum absolute atomic E-state index is 12.0. The molecule has 0 aliphatic rings. The molecule has 2 rings (SSSR count). The number of aromatic nitrogens is 1. The van der Waals surface area contributed by atoms with Gasteiger partial charge in [-0.1, -0.05) is 11.6 Å². The molecular formula is C18H20ClN3O3. The molecule has 0 spiro atoms. The zero-order valence-corrected chi connectivity index (χ0v) is 14.9. The molecule has 2 aromatic rings. The van der Waals surface area contributed by atoms with Gasteiger partial charge in [0.1, 0.15) is 0 Å². The van der Waals surface area contributed by atoms with Crippen molar-refractivity contribution in [1.29, 1.82) is 0 Å². The van der Waals surface area contributed by atoms with Gasteiger partial charge in [0.15, 0.2) is 11.8 Å². The van der Waals surface area contributed by atoms with E-state index in [1.165, 1.54) is 6.20 Å². The smallest absolute Gasteiger partial charge is 0.338 e. The van der Waals surface area contributed by atoms with Crippen molar-refractivity contribution in [2.24, 2.45) is 0 Å². The van der Waals surface area contributed by atoms with Crippen molar-refractivity contribution < 1.29 is 14.3 Å². The number of rotatable bonds is 7. The molecule has 132 valence electrons. The van der Waals surface area contributed by atoms with Crippen LogP contribution in [0.3, 0.4) is 0 Å². The highest BCUT2D eigenvalue weighted by Crippen LogP contribution is 2.17. The van der Waals surface area contributed by atoms with Crippen LogP contribution >= 0.6 is 11.6 Å². The number of carbonyl (C=O) groups excluding carboxylic acids is 2. The van der Waals surface area contributed by atoms with E-state index in [0.717, 1.165) is 18.8 Å². The molecule has 1 amide bonds. The van der Waals surface area contributed by atoms with E-state index in [2.05, 4.69) is 29.0 Å². The standard InChI is InChI=1S/C18H20ClN3O3/c1-3-22(4-2)14-9-7-13(8-10-14)18(24)25-12-16(23)21-15-6-5-11-20-17(15)19/h5-11H,3-4,12H2,1-2H3,(H,21,23). The Hall–Kier alpha value is -2.60. The first-order chi connectivity index (χ1) is 12.0. The number of amides is 1. The number of nitrogens with zero attached hydrogens (tertiary/aromatic N) is 2. The number of nitrogens with one attached hydrogen (secondary N) is 1. The quantitative estimate of drug-likeness (QED) is 0.604. The van der Waals surface area contributed by atoms with Gasteiger partial charge < -0.3 is 15.0 Å². The summed E-state index contributed by atoms with van der Waals surface area (Å²) in [6.45, 7) is 5.51. The third kappa shape index (κ3) is 5.19. The minimum atomic E-state index is -0.557. The van der Waals surface area contributed by atoms with E-state index in [4.69, 9.17) is 16.3 Å². The number of ether oxygens (including phenoxy) is 1. The Balaban J connectivity index is 1.89. The van der Waals surface area contributed by atoms with Crippen molar-refractivity contribution >= 4 is 34.9 Å². The second-order valence-corrected chi connectivity index (χ2v) is 5.54. The lowest BCUT2D eigenvalue weighted by molar-refractivity contribution is -0.119. The summed E-state index contributed by atoms with van der Waals surface area (Å²) in [5.41, 5.74) is 1.79. The van der Waals surface area contributed by atoms with Crippen LogP contribution in [0.2, 0.25) is 5.15 Å². The van der Waals surface area contributed by atoms with Gasteiger partial charge in [-0.25, -0.2) is 9.78 Å². The van der Waals surface area contributed by atoms with Crippen LogP contribution in [-0.2, 0) is 9.53 Å². The van der Waals surface area contributed by atoms with E-state index in [1.54, 1.807) is 24.3 Å². The van der Waals surface area contributed by atoms with Crippen LogP contribution < -0.4 is 10.2 Å². The van der Waals surface area contributed by atoms with Crippen LogP contribution in [0, 0.1) is 0 Å². The minimum absolute atomic E-state index is 0.175. The fourth-order valence-electron chi connectivity index (χ4n) is 2.28. The van der Waals surface area contributed by atoms with E-state index in [9.17, 15) is 9.59 Å². The number of carbonyl (C=O) groups is 2. The van der Waals surface area contributed by atoms with E-state index in [-0.39, 0.29) is 5.15 Å². The Morgan fingerprint density at radius 2 is 1.84 bits per heavy atom. The number of benzene rings is 1. The van der Waals surface area contributed by atoms with Crippen LogP contribution in [0.25, 0.3) is 0 Å². The van der Waals surface area contributed by atoms with Crippen LogP contribution in [0.4, 0.5) is 11.4 Å². The molecule has 1 aromatic heterocycles. The van der Waals surface area contributed by atoms with E-state index < -0.39 is 18.5 Å². The summed E-state index contributed by atoms with van der Waals surface area (Å²) in [4.78, 5) is 29.9. The van der Waals surface area contributed by atoms with Gasteiger partial charge >= 0.3 is 5.97 Å². The van der Waals surface area contributed by atoms with Gasteiger partial charge in [-0.2, -0.15) is 0 Å². The zero-order chi connectivity index (χ0) is 18.2. The lowest BCUT2D eigenvalue weighted by Gasteiger charge is -2.20. The van der Waals surface area contributed by atoms with Gasteiger partial charge in [-0.3, -0.25) is 4.79 Å². The summed E-state index contributed by atoms with van der Waals surface area (Å²) >= 11 is 5.85. The fourth-order valence-corrected chi connectivity index (χ4v) is 2.44. The first-order valence-corrected chi connectivity index (χ1v) is 8.35. The maximum Gasteiger partial charge on any atom is 0.338 e. The molecule has 0 radical (unpaired) electrons. The van der Waals surface area contributed by atoms with Crippen molar-refractivity contribution in [3.8, 4) is 0 Å². The van der Waals surface area contributed by atoms with E-state index in [1.807, 2.05) is 12.1 Å². The Morgan fingerprint density at radius 1 is 1.16 bits per heavy atom. The molecule has 0 bridgehead atoms. The summed E-state index contributed by atoms with van der Waals surface area (Å²) < 4.78 is 5.03. The first kappa shape index (κ1) is 18.7. The lowest BCUT2D eigenvalue weighted by atomic mass is 10.2. The summed E-state index contributed by atoms with van der Waals surface area (Å²) in [5, 5.41) is 2.71. The number of pyridine rings is 1. The SMILES string of the molecule is CCN(CC)c1ccc(C(=O)OCC(=O)Nc2cccnc2Cl)cc1. The second kappa shape index (κ2) is 9.03. The molecular weight excluding hydrogens is 342 g/mol. The van der Waals surface area contributed by atoms with E-state index in [0.29, 0.717) is 11.3 Å². The Kier molecular flexibility index (Phi) is 6.77. The number of hydrogen-bond donors (Lipinski definition) is 1. The summed E-state index contributed by atoms with van der Waals surface area (Å²) in [7, 11) is 0. The third-order valence-corrected chi connectivity index (χ3v) is 3.90. The fraction of sp³-hybridized carbons (Fsp3) is 0.278. The molecule has 0 aliphatic carbocycles. The zero-order valence-electron chi connectivity index (χ0n) is 14.2. The van der Waals surface area contributed by atoms with Gasteiger partial charge in [0.25, 0.3) is 5.91 Å². The lowest BCUT2D eigenvalue weighted by Crippen LogP contribution is -2.22. The minimum Gasteiger partial charge on any atom is -0.452 e. The van der Waals surface area contributed by atoms with Gasteiger partial charge in [-0.05, 0) is 50.2 Å². The monoisotopic (exact) mass is 361 g/mol. The van der Waals surface area contributed by atoms with E-state index >= 15 is 0 Å². The van der Waals surface area contributed by atoms with Crippen molar-refractivity contribution in [2.45, 2.75) is 13.8 Å². The van der Waals surface area contributed by atoms with Gasteiger partial charge in [0.2, 0.25) is 0 Å². The summed E-state index contributed by atoms with van der Waals surface area (Å²) in [5.74, 6) is -1.04. The Bertz CT molecular complexity index is 731. The third-order valence-electron chi connectivity index (χ3n) is 3.60. The van der Waals surface area contributed by atoms with Gasteiger partial charge in [0, 0.05) is 25.0 Å². The second-order valence-electron chi connectivity index (χ2n) is 5.19. The molecule has 1 N–H and O–H groups in total. The van der Waals surface area contributed by atoms with Crippen LogP contribution in [-0.4, -0.2) is 36.6 Å². The summed E-state index contributed by atoms with van der Waals surface area (Å²) in [6.07, 6.45) is 1.51. The van der Waals surface area contributed by atoms with Crippen LogP contribution in [0.1, 0.15) is 24.2 Å². The molecule has 7 heteroatoms. The van der Waals surface area contributed by atoms with Gasteiger partial charge in [0.05, 0.1) is 11.3 Å². The molecule has 1 heterocycles. The molecule has 25 heavy (non-hydrogen) atoms. The molecule has 0 saturated heterocycles. The average molecular weight is 362 g/mol. The number of halogens is 1. The summed E-state index contributed by atoms with van der Waals surface area (Å²) in [6, 6.07) is 10.3. The molecule has 0 unspecified atom stereocenters. The van der Waals surface area contributed by atoms with Crippen molar-refractivity contribution in [3.63, 3.8) is 0 Å². The van der Waals surface area contributed by atoms with Crippen molar-refractivity contribution in [3.05, 3.63) is 53.3 Å². The predicted molar refractivity (Wildman–Crippen MR) is 98.2 cm³/mol. The Labute approximate surface area is 151 Å². The maximum atomic E-state index is 12.0. The van der Waals surface area contributed by atoms with Gasteiger partial charge in [-0.15, -0.1) is 0 Å². The molecule has 1 aromatic carbocycles. The molecule has 6 nitrogen and oxygen atoms in total. The predicted octanol–water partition coefficient (Wildman–Crippen LogP) is 3.38. The number of esters is 1. The molecule has 0 saturated carbocycles. The normalized spacial score (nSPS) is 10.2. The van der Waals surface area contributed by atoms with Crippen molar-refractivity contribution in [1.82, 2.24) is 4.98 Å². The number of hydrogen-bond acceptors (Lipinski definition) is 5. The highest BCUT2D eigenvalue weighted by molar-refractivity contribution is 6.32. The molecule has 0 fully saturated rings. The highest BCUT2D eigenvalue weighted by Gasteiger charge is 2.12. The average Bonchev–Trinajstić information content (AvgIpc) is 2.63. The van der Waals surface area contributed by atoms with Crippen LogP contribution in [0.5, 0.6) is 0 Å². The largest absolute Gasteiger partial charge is 0.452 e. The highest BCUT2D eigenvalue weighted by atomic mass is 35.5. The van der Waals surface area contributed by atoms with Crippen LogP contribution in [0.15, 0.2) is 42.6 Å². The number of anilines is 2. The topological polar surface area (TPSA) is 71.5 Å². The van der Waals surface area contributed by atoms with Crippen molar-refractivity contribution in [2.75, 3.05) is 29.9 Å². The first-order valence-electron chi connectivity index (χ1n) is 7.97.